The molecule has 1 aromatic heterocycles. The Kier molecular flexibility index (Phi) is 6.94. The van der Waals surface area contributed by atoms with Crippen molar-refractivity contribution in [3.05, 3.63) is 59.3 Å². The normalized spacial score (nSPS) is 14.3. The minimum atomic E-state index is -0.634. The van der Waals surface area contributed by atoms with Gasteiger partial charge in [0.05, 0.1) is 12.9 Å². The highest BCUT2D eigenvalue weighted by atomic mass is 19.1. The molecule has 2 heterocycles. The molecule has 0 unspecified atom stereocenters. The van der Waals surface area contributed by atoms with E-state index in [9.17, 15) is 14.0 Å². The average molecular weight is 431 g/mol. The number of rotatable bonds is 7. The smallest absolute Gasteiger partial charge is 0.407 e. The second-order valence-corrected chi connectivity index (χ2v) is 8.20. The molecular formula is C22H26FN3O5. The maximum absolute atomic E-state index is 13.2. The van der Waals surface area contributed by atoms with E-state index in [2.05, 4.69) is 10.5 Å². The van der Waals surface area contributed by atoms with Crippen molar-refractivity contribution in [2.24, 2.45) is 0 Å². The number of nitrogens with one attached hydrogen (secondary N) is 1. The largest absolute Gasteiger partial charge is 0.489 e. The summed E-state index contributed by atoms with van der Waals surface area (Å²) in [7, 11) is 0. The Morgan fingerprint density at radius 3 is 2.84 bits per heavy atom. The van der Waals surface area contributed by atoms with Crippen LogP contribution in [-0.2, 0) is 17.7 Å². The van der Waals surface area contributed by atoms with Crippen molar-refractivity contribution in [1.29, 1.82) is 0 Å². The van der Waals surface area contributed by atoms with Crippen molar-refractivity contribution in [2.45, 2.75) is 39.3 Å². The van der Waals surface area contributed by atoms with Crippen LogP contribution in [0.25, 0.3) is 0 Å². The van der Waals surface area contributed by atoms with Gasteiger partial charge in [-0.1, -0.05) is 5.16 Å². The quantitative estimate of drug-likeness (QED) is 0.720. The summed E-state index contributed by atoms with van der Waals surface area (Å²) in [5, 5.41) is 6.34. The summed E-state index contributed by atoms with van der Waals surface area (Å²) in [6, 6.07) is 6.90. The summed E-state index contributed by atoms with van der Waals surface area (Å²) >= 11 is 0. The standard InChI is InChI=1S/C22H26FN3O5/c1-22(2,3)31-21(28)24-12-15(11-23)14-29-18-4-5-19-16(10-18)6-8-26(20(19)27)13-17-7-9-30-25-17/h4-5,7,9-11H,6,8,12-14H2,1-3H3,(H,24,28). The van der Waals surface area contributed by atoms with Crippen molar-refractivity contribution in [1.82, 2.24) is 15.4 Å². The fraction of sp³-hybridized carbons (Fsp3) is 0.409. The number of carbonyl (C=O) groups excluding carboxylic acids is 2. The molecule has 166 valence electrons. The van der Waals surface area contributed by atoms with Crippen LogP contribution in [0.2, 0.25) is 0 Å². The minimum Gasteiger partial charge on any atom is -0.489 e. The number of aromatic nitrogens is 1. The van der Waals surface area contributed by atoms with Gasteiger partial charge in [0.1, 0.15) is 29.9 Å². The Morgan fingerprint density at radius 2 is 2.16 bits per heavy atom. The van der Waals surface area contributed by atoms with E-state index in [1.807, 2.05) is 0 Å². The molecule has 8 nitrogen and oxygen atoms in total. The number of benzene rings is 1. The lowest BCUT2D eigenvalue weighted by molar-refractivity contribution is 0.0531. The Hall–Kier alpha value is -3.36. The number of nitrogens with zero attached hydrogens (tertiary/aromatic N) is 2. The van der Waals surface area contributed by atoms with Crippen molar-refractivity contribution in [2.75, 3.05) is 19.7 Å². The molecule has 1 aliphatic rings. The molecule has 1 N–H and O–H groups in total. The van der Waals surface area contributed by atoms with Crippen LogP contribution in [0, 0.1) is 0 Å². The molecule has 3 rings (SSSR count). The van der Waals surface area contributed by atoms with Gasteiger partial charge in [0.15, 0.2) is 0 Å². The maximum Gasteiger partial charge on any atom is 0.407 e. The van der Waals surface area contributed by atoms with Gasteiger partial charge in [-0.05, 0) is 51.0 Å². The summed E-state index contributed by atoms with van der Waals surface area (Å²) < 4.78 is 28.8. The molecule has 0 spiro atoms. The van der Waals surface area contributed by atoms with Crippen LogP contribution < -0.4 is 10.1 Å². The highest BCUT2D eigenvalue weighted by molar-refractivity contribution is 5.96. The number of hydrogen-bond acceptors (Lipinski definition) is 6. The van der Waals surface area contributed by atoms with Crippen molar-refractivity contribution < 1.29 is 28.0 Å². The number of alkyl carbamates (subject to hydrolysis) is 1. The Bertz CT molecular complexity index is 951. The van der Waals surface area contributed by atoms with E-state index in [4.69, 9.17) is 14.0 Å². The lowest BCUT2D eigenvalue weighted by Crippen LogP contribution is -2.37. The predicted molar refractivity (Wildman–Crippen MR) is 110 cm³/mol. The fourth-order valence-corrected chi connectivity index (χ4v) is 3.07. The van der Waals surface area contributed by atoms with E-state index < -0.39 is 11.7 Å². The minimum absolute atomic E-state index is 0.0359. The van der Waals surface area contributed by atoms with Gasteiger partial charge in [0, 0.05) is 30.3 Å². The molecular weight excluding hydrogens is 405 g/mol. The van der Waals surface area contributed by atoms with Gasteiger partial charge >= 0.3 is 6.09 Å². The van der Waals surface area contributed by atoms with Crippen molar-refractivity contribution in [3.63, 3.8) is 0 Å². The number of amides is 2. The molecule has 0 bridgehead atoms. The molecule has 0 saturated carbocycles. The highest BCUT2D eigenvalue weighted by Crippen LogP contribution is 2.25. The van der Waals surface area contributed by atoms with Crippen LogP contribution in [0.3, 0.4) is 0 Å². The molecule has 2 aromatic rings. The van der Waals surface area contributed by atoms with Crippen LogP contribution in [0.4, 0.5) is 9.18 Å². The zero-order chi connectivity index (χ0) is 22.4. The number of ether oxygens (including phenoxy) is 2. The first-order valence-corrected chi connectivity index (χ1v) is 9.94. The van der Waals surface area contributed by atoms with Crippen molar-refractivity contribution >= 4 is 12.0 Å². The molecule has 0 atom stereocenters. The Balaban J connectivity index is 1.54. The SMILES string of the molecule is CC(C)(C)OC(=O)NCC(=CF)COc1ccc2c(c1)CCN(Cc1ccon1)C2=O. The number of hydrogen-bond donors (Lipinski definition) is 1. The van der Waals surface area contributed by atoms with Crippen LogP contribution >= 0.6 is 0 Å². The van der Waals surface area contributed by atoms with Gasteiger partial charge in [-0.15, -0.1) is 0 Å². The second kappa shape index (κ2) is 9.63. The van der Waals surface area contributed by atoms with Crippen LogP contribution in [0.15, 0.2) is 47.0 Å². The topological polar surface area (TPSA) is 93.9 Å². The zero-order valence-corrected chi connectivity index (χ0v) is 17.8. The highest BCUT2D eigenvalue weighted by Gasteiger charge is 2.25. The number of fused-ring (bicyclic) bond motifs is 1. The van der Waals surface area contributed by atoms with E-state index in [0.717, 1.165) is 5.56 Å². The first-order chi connectivity index (χ1) is 14.7. The molecule has 1 aromatic carbocycles. The van der Waals surface area contributed by atoms with Crippen LogP contribution in [-0.4, -0.2) is 47.4 Å². The van der Waals surface area contributed by atoms with Gasteiger partial charge in [0.25, 0.3) is 5.91 Å². The van der Waals surface area contributed by atoms with E-state index in [0.29, 0.717) is 42.8 Å². The van der Waals surface area contributed by atoms with Crippen LogP contribution in [0.1, 0.15) is 42.4 Å². The Morgan fingerprint density at radius 1 is 1.35 bits per heavy atom. The summed E-state index contributed by atoms with van der Waals surface area (Å²) in [5.41, 5.74) is 1.79. The summed E-state index contributed by atoms with van der Waals surface area (Å²) in [6.45, 7) is 6.10. The maximum atomic E-state index is 13.2. The van der Waals surface area contributed by atoms with Gasteiger partial charge in [0.2, 0.25) is 0 Å². The van der Waals surface area contributed by atoms with E-state index in [1.165, 1.54) is 6.26 Å². The lowest BCUT2D eigenvalue weighted by Gasteiger charge is -2.28. The third-order valence-electron chi connectivity index (χ3n) is 4.53. The first-order valence-electron chi connectivity index (χ1n) is 9.94. The van der Waals surface area contributed by atoms with Gasteiger partial charge in [-0.25, -0.2) is 9.18 Å². The summed E-state index contributed by atoms with van der Waals surface area (Å²) in [5.74, 6) is 0.440. The van der Waals surface area contributed by atoms with E-state index in [1.54, 1.807) is 49.9 Å². The molecule has 1 aliphatic heterocycles. The van der Waals surface area contributed by atoms with E-state index in [-0.39, 0.29) is 24.6 Å². The molecule has 0 fully saturated rings. The predicted octanol–water partition coefficient (Wildman–Crippen LogP) is 3.63. The summed E-state index contributed by atoms with van der Waals surface area (Å²) in [6.07, 6.45) is 1.92. The fourth-order valence-electron chi connectivity index (χ4n) is 3.07. The Labute approximate surface area is 180 Å². The number of halogens is 1. The lowest BCUT2D eigenvalue weighted by atomic mass is 9.98. The van der Waals surface area contributed by atoms with Gasteiger partial charge in [-0.2, -0.15) is 0 Å². The van der Waals surface area contributed by atoms with Crippen molar-refractivity contribution in [3.8, 4) is 5.75 Å². The second-order valence-electron chi connectivity index (χ2n) is 8.20. The summed E-state index contributed by atoms with van der Waals surface area (Å²) in [4.78, 5) is 26.1. The molecule has 0 saturated heterocycles. The molecule has 9 heteroatoms. The molecule has 0 aliphatic carbocycles. The van der Waals surface area contributed by atoms with Crippen LogP contribution in [0.5, 0.6) is 5.75 Å². The number of carbonyl (C=O) groups is 2. The third-order valence-corrected chi connectivity index (χ3v) is 4.53. The van der Waals surface area contributed by atoms with Gasteiger partial charge in [-0.3, -0.25) is 4.79 Å². The molecule has 0 radical (unpaired) electrons. The average Bonchev–Trinajstić information content (AvgIpc) is 3.22. The zero-order valence-electron chi connectivity index (χ0n) is 17.8. The molecule has 31 heavy (non-hydrogen) atoms. The third kappa shape index (κ3) is 6.31. The van der Waals surface area contributed by atoms with Gasteiger partial charge < -0.3 is 24.2 Å². The first kappa shape index (κ1) is 22.3. The monoisotopic (exact) mass is 431 g/mol. The molecule has 2 amide bonds. The van der Waals surface area contributed by atoms with E-state index >= 15 is 0 Å².